The molecule has 1 atom stereocenters. The van der Waals surface area contributed by atoms with Crippen LogP contribution in [0.15, 0.2) is 24.3 Å². The first-order chi connectivity index (χ1) is 10.1. The number of nitrogens with two attached hydrogens (primary N) is 1. The number of methoxy groups -OCH3 is 1. The molecule has 1 unspecified atom stereocenters. The fraction of sp³-hybridized carbons (Fsp3) is 0.588. The van der Waals surface area contributed by atoms with Crippen molar-refractivity contribution in [2.75, 3.05) is 13.7 Å². The van der Waals surface area contributed by atoms with Gasteiger partial charge in [-0.15, -0.1) is 0 Å². The normalized spacial score (nSPS) is 18.2. The highest BCUT2D eigenvalue weighted by Crippen LogP contribution is 2.44. The number of benzene rings is 1. The molecule has 1 aromatic carbocycles. The maximum Gasteiger partial charge on any atom is 0.221 e. The van der Waals surface area contributed by atoms with E-state index in [0.717, 1.165) is 18.6 Å². The predicted octanol–water partition coefficient (Wildman–Crippen LogP) is 2.36. The first-order valence-corrected chi connectivity index (χ1v) is 7.73. The van der Waals surface area contributed by atoms with Crippen LogP contribution < -0.4 is 15.8 Å². The van der Waals surface area contributed by atoms with Crippen LogP contribution in [0.1, 0.15) is 44.6 Å². The number of amides is 1. The molecule has 1 aliphatic rings. The SMILES string of the molecule is COc1ccccc1C1(CNC(=O)CC(C)N)CCCC1. The largest absolute Gasteiger partial charge is 0.496 e. The summed E-state index contributed by atoms with van der Waals surface area (Å²) < 4.78 is 5.52. The van der Waals surface area contributed by atoms with Gasteiger partial charge in [-0.3, -0.25) is 4.79 Å². The number of nitrogens with one attached hydrogen (secondary N) is 1. The third-order valence-corrected chi connectivity index (χ3v) is 4.37. The van der Waals surface area contributed by atoms with Gasteiger partial charge in [0.15, 0.2) is 0 Å². The Bertz CT molecular complexity index is 479. The van der Waals surface area contributed by atoms with Crippen LogP contribution in [0.5, 0.6) is 5.75 Å². The Hall–Kier alpha value is -1.55. The van der Waals surface area contributed by atoms with Gasteiger partial charge in [0.05, 0.1) is 7.11 Å². The molecule has 116 valence electrons. The van der Waals surface area contributed by atoms with Gasteiger partial charge in [0.25, 0.3) is 0 Å². The van der Waals surface area contributed by atoms with Gasteiger partial charge in [0, 0.05) is 30.0 Å². The minimum Gasteiger partial charge on any atom is -0.496 e. The van der Waals surface area contributed by atoms with Crippen molar-refractivity contribution in [1.29, 1.82) is 0 Å². The topological polar surface area (TPSA) is 64.3 Å². The minimum atomic E-state index is -0.101. The van der Waals surface area contributed by atoms with Crippen molar-refractivity contribution in [3.05, 3.63) is 29.8 Å². The molecule has 4 nitrogen and oxygen atoms in total. The molecule has 0 radical (unpaired) electrons. The van der Waals surface area contributed by atoms with E-state index >= 15 is 0 Å². The van der Waals surface area contributed by atoms with Crippen molar-refractivity contribution in [1.82, 2.24) is 5.32 Å². The molecular formula is C17H26N2O2. The van der Waals surface area contributed by atoms with Gasteiger partial charge in [-0.25, -0.2) is 0 Å². The molecule has 0 bridgehead atoms. The van der Waals surface area contributed by atoms with Gasteiger partial charge in [-0.1, -0.05) is 31.0 Å². The number of carbonyl (C=O) groups excluding carboxylic acids is 1. The van der Waals surface area contributed by atoms with Crippen LogP contribution in [0.2, 0.25) is 0 Å². The lowest BCUT2D eigenvalue weighted by atomic mass is 9.78. The first-order valence-electron chi connectivity index (χ1n) is 7.73. The summed E-state index contributed by atoms with van der Waals surface area (Å²) in [5.74, 6) is 0.951. The molecule has 1 aliphatic carbocycles. The van der Waals surface area contributed by atoms with Crippen LogP contribution in [0.3, 0.4) is 0 Å². The zero-order valence-corrected chi connectivity index (χ0v) is 13.0. The van der Waals surface area contributed by atoms with Crippen molar-refractivity contribution in [2.24, 2.45) is 5.73 Å². The molecule has 0 spiro atoms. The van der Waals surface area contributed by atoms with E-state index in [9.17, 15) is 4.79 Å². The van der Waals surface area contributed by atoms with Crippen molar-refractivity contribution < 1.29 is 9.53 Å². The maximum absolute atomic E-state index is 11.9. The summed E-state index contributed by atoms with van der Waals surface area (Å²) in [6.07, 6.45) is 4.95. The van der Waals surface area contributed by atoms with Crippen molar-refractivity contribution in [3.8, 4) is 5.75 Å². The third-order valence-electron chi connectivity index (χ3n) is 4.37. The second-order valence-corrected chi connectivity index (χ2v) is 6.15. The van der Waals surface area contributed by atoms with Gasteiger partial charge in [0.2, 0.25) is 5.91 Å². The van der Waals surface area contributed by atoms with Crippen molar-refractivity contribution >= 4 is 5.91 Å². The molecule has 0 aromatic heterocycles. The first kappa shape index (κ1) is 15.8. The van der Waals surface area contributed by atoms with E-state index in [1.54, 1.807) is 7.11 Å². The Kier molecular flexibility index (Phi) is 5.23. The summed E-state index contributed by atoms with van der Waals surface area (Å²) in [7, 11) is 1.70. The Morgan fingerprint density at radius 3 is 2.67 bits per heavy atom. The highest BCUT2D eigenvalue weighted by atomic mass is 16.5. The Morgan fingerprint density at radius 2 is 2.05 bits per heavy atom. The molecule has 0 heterocycles. The van der Waals surface area contributed by atoms with Gasteiger partial charge in [-0.2, -0.15) is 0 Å². The van der Waals surface area contributed by atoms with Crippen molar-refractivity contribution in [2.45, 2.75) is 50.5 Å². The quantitative estimate of drug-likeness (QED) is 0.845. The number of carbonyl (C=O) groups is 1. The van der Waals surface area contributed by atoms with E-state index in [-0.39, 0.29) is 17.4 Å². The fourth-order valence-corrected chi connectivity index (χ4v) is 3.31. The molecule has 2 rings (SSSR count). The van der Waals surface area contributed by atoms with Gasteiger partial charge in [-0.05, 0) is 25.8 Å². The summed E-state index contributed by atoms with van der Waals surface area (Å²) in [5.41, 5.74) is 6.90. The highest BCUT2D eigenvalue weighted by Gasteiger charge is 2.37. The number of hydrogen-bond donors (Lipinski definition) is 2. The second kappa shape index (κ2) is 6.94. The van der Waals surface area contributed by atoms with Crippen LogP contribution in [0.25, 0.3) is 0 Å². The zero-order chi connectivity index (χ0) is 15.3. The number of para-hydroxylation sites is 1. The average molecular weight is 290 g/mol. The van der Waals surface area contributed by atoms with Gasteiger partial charge >= 0.3 is 0 Å². The highest BCUT2D eigenvalue weighted by molar-refractivity contribution is 5.76. The predicted molar refractivity (Wildman–Crippen MR) is 84.4 cm³/mol. The van der Waals surface area contributed by atoms with E-state index < -0.39 is 0 Å². The van der Waals surface area contributed by atoms with E-state index in [1.165, 1.54) is 18.4 Å². The summed E-state index contributed by atoms with van der Waals surface area (Å²) >= 11 is 0. The summed E-state index contributed by atoms with van der Waals surface area (Å²) in [6.45, 7) is 2.52. The lowest BCUT2D eigenvalue weighted by Crippen LogP contribution is -2.40. The van der Waals surface area contributed by atoms with Crippen LogP contribution in [0.4, 0.5) is 0 Å². The van der Waals surface area contributed by atoms with Crippen LogP contribution in [0, 0.1) is 0 Å². The van der Waals surface area contributed by atoms with Gasteiger partial charge in [0.1, 0.15) is 5.75 Å². The molecule has 1 fully saturated rings. The molecule has 1 saturated carbocycles. The third kappa shape index (κ3) is 3.76. The molecule has 0 aliphatic heterocycles. The summed E-state index contributed by atoms with van der Waals surface area (Å²) in [6, 6.07) is 8.05. The molecule has 0 saturated heterocycles. The fourth-order valence-electron chi connectivity index (χ4n) is 3.31. The number of hydrogen-bond acceptors (Lipinski definition) is 3. The van der Waals surface area contributed by atoms with E-state index in [1.807, 2.05) is 25.1 Å². The lowest BCUT2D eigenvalue weighted by molar-refractivity contribution is -0.121. The number of rotatable bonds is 6. The Morgan fingerprint density at radius 1 is 1.38 bits per heavy atom. The average Bonchev–Trinajstić information content (AvgIpc) is 2.94. The molecule has 1 aromatic rings. The van der Waals surface area contributed by atoms with Crippen LogP contribution in [-0.2, 0) is 10.2 Å². The zero-order valence-electron chi connectivity index (χ0n) is 13.0. The Balaban J connectivity index is 2.15. The lowest BCUT2D eigenvalue weighted by Gasteiger charge is -2.31. The monoisotopic (exact) mass is 290 g/mol. The van der Waals surface area contributed by atoms with Crippen LogP contribution >= 0.6 is 0 Å². The van der Waals surface area contributed by atoms with Crippen LogP contribution in [-0.4, -0.2) is 25.6 Å². The summed E-state index contributed by atoms with van der Waals surface area (Å²) in [5, 5.41) is 3.07. The molecule has 21 heavy (non-hydrogen) atoms. The van der Waals surface area contributed by atoms with E-state index in [2.05, 4.69) is 11.4 Å². The smallest absolute Gasteiger partial charge is 0.221 e. The van der Waals surface area contributed by atoms with E-state index in [4.69, 9.17) is 10.5 Å². The van der Waals surface area contributed by atoms with Crippen molar-refractivity contribution in [3.63, 3.8) is 0 Å². The second-order valence-electron chi connectivity index (χ2n) is 6.15. The Labute approximate surface area is 127 Å². The standard InChI is InChI=1S/C17H26N2O2/c1-13(18)11-16(20)19-12-17(9-5-6-10-17)14-7-3-4-8-15(14)21-2/h3-4,7-8,13H,5-6,9-12,18H2,1-2H3,(H,19,20). The molecular weight excluding hydrogens is 264 g/mol. The molecule has 1 amide bonds. The molecule has 4 heteroatoms. The summed E-state index contributed by atoms with van der Waals surface area (Å²) in [4.78, 5) is 11.9. The molecule has 3 N–H and O–H groups in total. The van der Waals surface area contributed by atoms with E-state index in [0.29, 0.717) is 13.0 Å². The number of ether oxygens (including phenoxy) is 1. The maximum atomic E-state index is 11.9. The van der Waals surface area contributed by atoms with Gasteiger partial charge < -0.3 is 15.8 Å². The minimum absolute atomic E-state index is 0.0000992.